The van der Waals surface area contributed by atoms with Gasteiger partial charge in [-0.05, 0) is 42.8 Å². The molecule has 202 valence electrons. The maximum absolute atomic E-state index is 14.5. The zero-order valence-corrected chi connectivity index (χ0v) is 21.3. The number of carbonyl (C=O) groups is 3. The Kier molecular flexibility index (Phi) is 7.31. The van der Waals surface area contributed by atoms with Crippen molar-refractivity contribution in [2.24, 2.45) is 0 Å². The van der Waals surface area contributed by atoms with Crippen LogP contribution in [0.3, 0.4) is 0 Å². The minimum absolute atomic E-state index is 0.0458. The van der Waals surface area contributed by atoms with Crippen molar-refractivity contribution < 1.29 is 27.6 Å². The number of nitrogens with zero attached hydrogens (tertiary/aromatic N) is 3. The summed E-state index contributed by atoms with van der Waals surface area (Å²) in [5, 5.41) is 2.75. The second-order valence-electron chi connectivity index (χ2n) is 9.61. The van der Waals surface area contributed by atoms with E-state index in [0.717, 1.165) is 11.0 Å². The molecule has 1 saturated carbocycles. The number of alkyl halides is 2. The standard InChI is InChI=1S/C28H24ClF3N4O3/c29-22-9-2-1-8-21(22)25(26(38)34-18-14-28(31,32)15-18)36(19-6-3-5-17(30)13-19)27(39)23-10-11-24(37)35(23)20-7-4-12-33-16-20/h1-9,12-13,16,18,23,25H,10-11,14-15H2,(H,34,38)/t23-,25?/m0/s1. The van der Waals surface area contributed by atoms with E-state index < -0.39 is 54.5 Å². The van der Waals surface area contributed by atoms with E-state index in [0.29, 0.717) is 5.69 Å². The van der Waals surface area contributed by atoms with E-state index >= 15 is 0 Å². The van der Waals surface area contributed by atoms with Gasteiger partial charge in [0.15, 0.2) is 0 Å². The molecule has 2 heterocycles. The van der Waals surface area contributed by atoms with Gasteiger partial charge in [-0.3, -0.25) is 29.2 Å². The van der Waals surface area contributed by atoms with Gasteiger partial charge in [-0.1, -0.05) is 35.9 Å². The first kappa shape index (κ1) is 26.7. The Hall–Kier alpha value is -3.92. The van der Waals surface area contributed by atoms with Gasteiger partial charge in [-0.25, -0.2) is 13.2 Å². The van der Waals surface area contributed by atoms with Gasteiger partial charge in [0.05, 0.1) is 11.9 Å². The topological polar surface area (TPSA) is 82.6 Å². The molecule has 3 aromatic rings. The highest BCUT2D eigenvalue weighted by Crippen LogP contribution is 2.39. The summed E-state index contributed by atoms with van der Waals surface area (Å²) in [4.78, 5) is 47.4. The second-order valence-corrected chi connectivity index (χ2v) is 10.0. The first-order valence-corrected chi connectivity index (χ1v) is 12.8. The molecule has 11 heteroatoms. The molecule has 5 rings (SSSR count). The van der Waals surface area contributed by atoms with E-state index in [9.17, 15) is 27.6 Å². The average Bonchev–Trinajstić information content (AvgIpc) is 3.28. The van der Waals surface area contributed by atoms with Crippen LogP contribution in [0.25, 0.3) is 0 Å². The molecule has 1 aromatic heterocycles. The van der Waals surface area contributed by atoms with Gasteiger partial charge in [0.2, 0.25) is 11.8 Å². The molecular weight excluding hydrogens is 533 g/mol. The van der Waals surface area contributed by atoms with Crippen molar-refractivity contribution in [3.8, 4) is 0 Å². The molecule has 2 aromatic carbocycles. The van der Waals surface area contributed by atoms with E-state index in [1.54, 1.807) is 30.3 Å². The van der Waals surface area contributed by atoms with Crippen molar-refractivity contribution in [3.05, 3.63) is 89.5 Å². The third-order valence-corrected chi connectivity index (χ3v) is 7.23. The maximum atomic E-state index is 14.5. The van der Waals surface area contributed by atoms with Crippen LogP contribution in [0.15, 0.2) is 73.1 Å². The Morgan fingerprint density at radius 2 is 1.87 bits per heavy atom. The van der Waals surface area contributed by atoms with Crippen molar-refractivity contribution in [1.29, 1.82) is 0 Å². The minimum Gasteiger partial charge on any atom is -0.351 e. The molecule has 0 spiro atoms. The Balaban J connectivity index is 1.60. The second kappa shape index (κ2) is 10.7. The number of carbonyl (C=O) groups excluding carboxylic acids is 3. The van der Waals surface area contributed by atoms with Gasteiger partial charge in [0.1, 0.15) is 17.9 Å². The van der Waals surface area contributed by atoms with Crippen molar-refractivity contribution in [2.75, 3.05) is 9.80 Å². The molecule has 3 amide bonds. The molecule has 2 fully saturated rings. The zero-order valence-electron chi connectivity index (χ0n) is 20.6. The SMILES string of the molecule is O=C(NC1CC(F)(F)C1)C(c1ccccc1Cl)N(C(=O)[C@@H]1CCC(=O)N1c1cccnc1)c1cccc(F)c1. The number of aromatic nitrogens is 1. The summed E-state index contributed by atoms with van der Waals surface area (Å²) < 4.78 is 41.6. The molecule has 1 unspecified atom stereocenters. The molecule has 1 aliphatic carbocycles. The third-order valence-electron chi connectivity index (χ3n) is 6.89. The number of hydrogen-bond acceptors (Lipinski definition) is 4. The fourth-order valence-electron chi connectivity index (χ4n) is 5.07. The summed E-state index contributed by atoms with van der Waals surface area (Å²) in [5.74, 6) is -5.26. The minimum atomic E-state index is -2.88. The lowest BCUT2D eigenvalue weighted by Gasteiger charge is -2.39. The van der Waals surface area contributed by atoms with Gasteiger partial charge < -0.3 is 5.32 Å². The lowest BCUT2D eigenvalue weighted by molar-refractivity contribution is -0.133. The Bertz CT molecular complexity index is 1400. The first-order chi connectivity index (χ1) is 18.6. The fourth-order valence-corrected chi connectivity index (χ4v) is 5.30. The maximum Gasteiger partial charge on any atom is 0.252 e. The van der Waals surface area contributed by atoms with E-state index in [2.05, 4.69) is 10.3 Å². The fraction of sp³-hybridized carbons (Fsp3) is 0.286. The summed E-state index contributed by atoms with van der Waals surface area (Å²) in [6.45, 7) is 0. The summed E-state index contributed by atoms with van der Waals surface area (Å²) in [5.41, 5.74) is 0.662. The molecule has 1 saturated heterocycles. The number of anilines is 2. The van der Waals surface area contributed by atoms with Crippen LogP contribution >= 0.6 is 11.6 Å². The van der Waals surface area contributed by atoms with Gasteiger partial charge in [-0.2, -0.15) is 0 Å². The molecule has 0 radical (unpaired) electrons. The Labute approximate surface area is 227 Å². The number of rotatable bonds is 7. The average molecular weight is 557 g/mol. The number of amides is 3. The number of nitrogens with one attached hydrogen (secondary N) is 1. The highest BCUT2D eigenvalue weighted by Gasteiger charge is 2.48. The molecule has 0 bridgehead atoms. The quantitative estimate of drug-likeness (QED) is 0.441. The van der Waals surface area contributed by atoms with E-state index in [1.165, 1.54) is 41.6 Å². The molecule has 1 aliphatic heterocycles. The number of benzene rings is 2. The molecule has 2 aliphatic rings. The summed E-state index contributed by atoms with van der Waals surface area (Å²) in [6, 6.07) is 11.5. The smallest absolute Gasteiger partial charge is 0.252 e. The van der Waals surface area contributed by atoms with Gasteiger partial charge in [-0.15, -0.1) is 0 Å². The van der Waals surface area contributed by atoms with Crippen LogP contribution in [0.2, 0.25) is 5.02 Å². The van der Waals surface area contributed by atoms with Gasteiger partial charge in [0.25, 0.3) is 11.8 Å². The predicted molar refractivity (Wildman–Crippen MR) is 139 cm³/mol. The van der Waals surface area contributed by atoms with E-state index in [-0.39, 0.29) is 35.0 Å². The highest BCUT2D eigenvalue weighted by atomic mass is 35.5. The van der Waals surface area contributed by atoms with Crippen LogP contribution in [-0.4, -0.2) is 40.7 Å². The van der Waals surface area contributed by atoms with Crippen molar-refractivity contribution in [3.63, 3.8) is 0 Å². The monoisotopic (exact) mass is 556 g/mol. The predicted octanol–water partition coefficient (Wildman–Crippen LogP) is 5.06. The molecular formula is C28H24ClF3N4O3. The summed E-state index contributed by atoms with van der Waals surface area (Å²) in [7, 11) is 0. The van der Waals surface area contributed by atoms with Crippen molar-refractivity contribution >= 4 is 40.7 Å². The van der Waals surface area contributed by atoms with Crippen molar-refractivity contribution in [2.45, 2.75) is 49.7 Å². The van der Waals surface area contributed by atoms with Gasteiger partial charge in [0, 0.05) is 47.8 Å². The van der Waals surface area contributed by atoms with E-state index in [1.807, 2.05) is 0 Å². The van der Waals surface area contributed by atoms with Crippen LogP contribution in [-0.2, 0) is 14.4 Å². The first-order valence-electron chi connectivity index (χ1n) is 12.4. The Morgan fingerprint density at radius 1 is 1.10 bits per heavy atom. The largest absolute Gasteiger partial charge is 0.351 e. The van der Waals surface area contributed by atoms with Crippen LogP contribution in [0.1, 0.15) is 37.3 Å². The lowest BCUT2D eigenvalue weighted by Crippen LogP contribution is -2.56. The van der Waals surface area contributed by atoms with Crippen LogP contribution in [0, 0.1) is 5.82 Å². The van der Waals surface area contributed by atoms with Gasteiger partial charge >= 0.3 is 0 Å². The van der Waals surface area contributed by atoms with Crippen LogP contribution < -0.4 is 15.1 Å². The van der Waals surface area contributed by atoms with E-state index in [4.69, 9.17) is 11.6 Å². The van der Waals surface area contributed by atoms with Crippen LogP contribution in [0.5, 0.6) is 0 Å². The molecule has 2 atom stereocenters. The number of pyridine rings is 1. The molecule has 1 N–H and O–H groups in total. The number of halogens is 4. The van der Waals surface area contributed by atoms with Crippen molar-refractivity contribution in [1.82, 2.24) is 10.3 Å². The molecule has 7 nitrogen and oxygen atoms in total. The highest BCUT2D eigenvalue weighted by molar-refractivity contribution is 6.31. The normalized spacial score (nSPS) is 19.3. The lowest BCUT2D eigenvalue weighted by atomic mass is 9.87. The van der Waals surface area contributed by atoms with Crippen LogP contribution in [0.4, 0.5) is 24.5 Å². The number of hydrogen-bond donors (Lipinski definition) is 1. The Morgan fingerprint density at radius 3 is 2.54 bits per heavy atom. The zero-order chi connectivity index (χ0) is 27.7. The third kappa shape index (κ3) is 5.47. The molecule has 39 heavy (non-hydrogen) atoms. The summed E-state index contributed by atoms with van der Waals surface area (Å²) in [6.07, 6.45) is 2.13. The summed E-state index contributed by atoms with van der Waals surface area (Å²) >= 11 is 6.48.